The fourth-order valence-electron chi connectivity index (χ4n) is 2.50. The van der Waals surface area contributed by atoms with E-state index >= 15 is 0 Å². The Morgan fingerprint density at radius 2 is 1.95 bits per heavy atom. The molecular weight excluding hydrogens is 284 g/mol. The summed E-state index contributed by atoms with van der Waals surface area (Å²) in [6.45, 7) is 4.83. The molecule has 0 saturated carbocycles. The first kappa shape index (κ1) is 16.9. The molecule has 1 aliphatic heterocycles. The predicted octanol–water partition coefficient (Wildman–Crippen LogP) is 2.71. The summed E-state index contributed by atoms with van der Waals surface area (Å²) in [6.07, 6.45) is 1.73. The summed E-state index contributed by atoms with van der Waals surface area (Å²) in [5.41, 5.74) is 1.10. The van der Waals surface area contributed by atoms with Crippen LogP contribution in [0.3, 0.4) is 0 Å². The molecule has 2 rings (SSSR count). The quantitative estimate of drug-likeness (QED) is 0.546. The third kappa shape index (κ3) is 4.80. The van der Waals surface area contributed by atoms with Gasteiger partial charge in [-0.1, -0.05) is 12.1 Å². The van der Waals surface area contributed by atoms with Gasteiger partial charge in [0.25, 0.3) is 0 Å². The van der Waals surface area contributed by atoms with E-state index in [0.29, 0.717) is 13.2 Å². The van der Waals surface area contributed by atoms with Crippen LogP contribution in [0.15, 0.2) is 24.3 Å². The second-order valence-corrected chi connectivity index (χ2v) is 5.82. The average molecular weight is 308 g/mol. The van der Waals surface area contributed by atoms with Gasteiger partial charge >= 0.3 is 0 Å². The summed E-state index contributed by atoms with van der Waals surface area (Å²) >= 11 is 0. The number of hydrogen-bond donors (Lipinski definition) is 0. The van der Waals surface area contributed by atoms with E-state index in [2.05, 4.69) is 0 Å². The van der Waals surface area contributed by atoms with Crippen molar-refractivity contribution < 1.29 is 23.7 Å². The highest BCUT2D eigenvalue weighted by Gasteiger charge is 2.40. The van der Waals surface area contributed by atoms with Gasteiger partial charge in [-0.05, 0) is 44.4 Å². The first-order valence-electron chi connectivity index (χ1n) is 7.55. The highest BCUT2D eigenvalue weighted by Crippen LogP contribution is 2.29. The normalized spacial score (nSPS) is 23.4. The van der Waals surface area contributed by atoms with Crippen LogP contribution in [0, 0.1) is 0 Å². The second-order valence-electron chi connectivity index (χ2n) is 5.82. The molecule has 122 valence electrons. The number of rotatable bonds is 8. The summed E-state index contributed by atoms with van der Waals surface area (Å²) in [5.74, 6) is 0.157. The molecule has 5 nitrogen and oxygen atoms in total. The van der Waals surface area contributed by atoms with Crippen molar-refractivity contribution in [2.45, 2.75) is 51.3 Å². The molecule has 2 atom stereocenters. The number of ether oxygens (including phenoxy) is 4. The number of carbonyl (C=O) groups is 1. The van der Waals surface area contributed by atoms with Crippen LogP contribution in [-0.4, -0.2) is 38.0 Å². The van der Waals surface area contributed by atoms with Gasteiger partial charge in [-0.3, -0.25) is 0 Å². The van der Waals surface area contributed by atoms with Crippen LogP contribution in [0.2, 0.25) is 0 Å². The van der Waals surface area contributed by atoms with E-state index < -0.39 is 11.9 Å². The summed E-state index contributed by atoms with van der Waals surface area (Å²) in [4.78, 5) is 11.0. The van der Waals surface area contributed by atoms with Gasteiger partial charge in [0.2, 0.25) is 0 Å². The number of aldehydes is 1. The number of hydrogen-bond acceptors (Lipinski definition) is 5. The van der Waals surface area contributed by atoms with E-state index in [-0.39, 0.29) is 6.10 Å². The van der Waals surface area contributed by atoms with E-state index in [1.807, 2.05) is 38.1 Å². The van der Waals surface area contributed by atoms with E-state index in [1.54, 1.807) is 7.11 Å². The molecule has 0 radical (unpaired) electrons. The molecule has 0 unspecified atom stereocenters. The lowest BCUT2D eigenvalue weighted by Gasteiger charge is -2.16. The monoisotopic (exact) mass is 308 g/mol. The van der Waals surface area contributed by atoms with Crippen molar-refractivity contribution in [3.05, 3.63) is 29.8 Å². The Kier molecular flexibility index (Phi) is 5.94. The maximum Gasteiger partial charge on any atom is 0.164 e. The fourth-order valence-corrected chi connectivity index (χ4v) is 2.50. The van der Waals surface area contributed by atoms with E-state index in [1.165, 1.54) is 0 Å². The zero-order valence-electron chi connectivity index (χ0n) is 13.4. The SMILES string of the molecule is COc1ccc(COCCC[C@@H]2OC(C)(C)O[C@H]2C=O)cc1. The Hall–Kier alpha value is -1.43. The largest absolute Gasteiger partial charge is 0.497 e. The third-order valence-electron chi connectivity index (χ3n) is 3.56. The Labute approximate surface area is 131 Å². The van der Waals surface area contributed by atoms with Crippen molar-refractivity contribution in [3.8, 4) is 5.75 Å². The van der Waals surface area contributed by atoms with Crippen LogP contribution < -0.4 is 4.74 Å². The van der Waals surface area contributed by atoms with Gasteiger partial charge in [-0.2, -0.15) is 0 Å². The van der Waals surface area contributed by atoms with Crippen LogP contribution in [0.1, 0.15) is 32.3 Å². The van der Waals surface area contributed by atoms with Crippen LogP contribution >= 0.6 is 0 Å². The molecule has 0 spiro atoms. The van der Waals surface area contributed by atoms with Crippen molar-refractivity contribution in [1.82, 2.24) is 0 Å². The van der Waals surface area contributed by atoms with Crippen molar-refractivity contribution >= 4 is 6.29 Å². The summed E-state index contributed by atoms with van der Waals surface area (Å²) in [7, 11) is 1.65. The van der Waals surface area contributed by atoms with Crippen LogP contribution in [0.4, 0.5) is 0 Å². The molecule has 0 aromatic heterocycles. The molecule has 0 bridgehead atoms. The second kappa shape index (κ2) is 7.72. The number of methoxy groups -OCH3 is 1. The zero-order chi connectivity index (χ0) is 16.0. The topological polar surface area (TPSA) is 54.0 Å². The van der Waals surface area contributed by atoms with Gasteiger partial charge in [-0.15, -0.1) is 0 Å². The molecule has 1 aromatic carbocycles. The molecule has 0 aliphatic carbocycles. The zero-order valence-corrected chi connectivity index (χ0v) is 13.4. The average Bonchev–Trinajstić information content (AvgIpc) is 2.81. The third-order valence-corrected chi connectivity index (χ3v) is 3.56. The summed E-state index contributed by atoms with van der Waals surface area (Å²) in [6, 6.07) is 7.80. The molecular formula is C17H24O5. The van der Waals surface area contributed by atoms with Crippen molar-refractivity contribution in [1.29, 1.82) is 0 Å². The molecule has 0 N–H and O–H groups in total. The molecule has 0 amide bonds. The van der Waals surface area contributed by atoms with Crippen LogP contribution in [0.5, 0.6) is 5.75 Å². The lowest BCUT2D eigenvalue weighted by atomic mass is 10.1. The standard InChI is InChI=1S/C17H24O5/c1-17(2)21-15(16(11-18)22-17)5-4-10-20-12-13-6-8-14(19-3)9-7-13/h6-9,11,15-16H,4-5,10,12H2,1-3H3/t15-,16-/m0/s1. The molecule has 22 heavy (non-hydrogen) atoms. The molecule has 1 fully saturated rings. The predicted molar refractivity (Wildman–Crippen MR) is 81.8 cm³/mol. The van der Waals surface area contributed by atoms with Crippen LogP contribution in [0.25, 0.3) is 0 Å². The Morgan fingerprint density at radius 3 is 2.59 bits per heavy atom. The summed E-state index contributed by atoms with van der Waals surface area (Å²) in [5, 5.41) is 0. The number of carbonyl (C=O) groups excluding carboxylic acids is 1. The highest BCUT2D eigenvalue weighted by atomic mass is 16.8. The van der Waals surface area contributed by atoms with Crippen molar-refractivity contribution in [2.24, 2.45) is 0 Å². The van der Waals surface area contributed by atoms with E-state index in [9.17, 15) is 4.79 Å². The highest BCUT2D eigenvalue weighted by molar-refractivity contribution is 5.57. The van der Waals surface area contributed by atoms with Gasteiger partial charge in [0, 0.05) is 6.61 Å². The van der Waals surface area contributed by atoms with Crippen LogP contribution in [-0.2, 0) is 25.6 Å². The van der Waals surface area contributed by atoms with Gasteiger partial charge in [0.15, 0.2) is 12.1 Å². The lowest BCUT2D eigenvalue weighted by molar-refractivity contribution is -0.150. The first-order chi connectivity index (χ1) is 10.5. The van der Waals surface area contributed by atoms with Gasteiger partial charge < -0.3 is 23.7 Å². The first-order valence-corrected chi connectivity index (χ1v) is 7.55. The van der Waals surface area contributed by atoms with Crippen molar-refractivity contribution in [3.63, 3.8) is 0 Å². The van der Waals surface area contributed by atoms with Gasteiger partial charge in [-0.25, -0.2) is 0 Å². The van der Waals surface area contributed by atoms with E-state index in [0.717, 1.165) is 30.4 Å². The molecule has 1 aliphatic rings. The number of benzene rings is 1. The van der Waals surface area contributed by atoms with Crippen molar-refractivity contribution in [2.75, 3.05) is 13.7 Å². The molecule has 1 saturated heterocycles. The molecule has 1 heterocycles. The Morgan fingerprint density at radius 1 is 1.23 bits per heavy atom. The fraction of sp³-hybridized carbons (Fsp3) is 0.588. The minimum atomic E-state index is -0.680. The summed E-state index contributed by atoms with van der Waals surface area (Å²) < 4.78 is 22.0. The molecule has 5 heteroatoms. The minimum absolute atomic E-state index is 0.183. The Bertz CT molecular complexity index is 468. The van der Waals surface area contributed by atoms with Gasteiger partial charge in [0.1, 0.15) is 11.9 Å². The molecule has 1 aromatic rings. The van der Waals surface area contributed by atoms with Gasteiger partial charge in [0.05, 0.1) is 19.8 Å². The minimum Gasteiger partial charge on any atom is -0.497 e. The lowest BCUT2D eigenvalue weighted by Crippen LogP contribution is -2.24. The maximum atomic E-state index is 11.0. The van der Waals surface area contributed by atoms with E-state index in [4.69, 9.17) is 18.9 Å². The smallest absolute Gasteiger partial charge is 0.164 e. The maximum absolute atomic E-state index is 11.0. The Balaban J connectivity index is 1.65.